The summed E-state index contributed by atoms with van der Waals surface area (Å²) < 4.78 is 37.8. The van der Waals surface area contributed by atoms with Crippen molar-refractivity contribution in [1.29, 1.82) is 0 Å². The molecular weight excluding hydrogens is 423 g/mol. The third kappa shape index (κ3) is 4.44. The molecule has 3 rings (SSSR count). The van der Waals surface area contributed by atoms with Crippen molar-refractivity contribution >= 4 is 12.1 Å². The molecule has 1 amide bonds. The highest BCUT2D eigenvalue weighted by atomic mass is 19.4. The van der Waals surface area contributed by atoms with E-state index in [1.165, 1.54) is 11.1 Å². The predicted octanol–water partition coefficient (Wildman–Crippen LogP) is 4.15. The van der Waals surface area contributed by atoms with Gasteiger partial charge in [-0.2, -0.15) is 18.3 Å². The number of pyridine rings is 2. The number of hydrazone groups is 1. The molecule has 3 heterocycles. The van der Waals surface area contributed by atoms with Gasteiger partial charge < -0.3 is 10.0 Å². The zero-order valence-electron chi connectivity index (χ0n) is 18.2. The first-order chi connectivity index (χ1) is 14.8. The summed E-state index contributed by atoms with van der Waals surface area (Å²) in [4.78, 5) is 23.5. The lowest BCUT2D eigenvalue weighted by molar-refractivity contribution is -0.140. The number of halogens is 3. The van der Waals surface area contributed by atoms with Gasteiger partial charge in [-0.3, -0.25) is 14.8 Å². The van der Waals surface area contributed by atoms with E-state index in [0.717, 1.165) is 6.20 Å². The number of hydrogen-bond donors (Lipinski definition) is 1. The van der Waals surface area contributed by atoms with Gasteiger partial charge in [0.15, 0.2) is 0 Å². The van der Waals surface area contributed by atoms with Gasteiger partial charge in [-0.1, -0.05) is 6.58 Å². The fourth-order valence-corrected chi connectivity index (χ4v) is 3.58. The van der Waals surface area contributed by atoms with Crippen LogP contribution in [-0.4, -0.2) is 56.4 Å². The topological polar surface area (TPSA) is 81.9 Å². The average Bonchev–Trinajstić information content (AvgIpc) is 2.88. The van der Waals surface area contributed by atoms with Crippen molar-refractivity contribution in [2.45, 2.75) is 39.4 Å². The molecule has 0 unspecified atom stereocenters. The fraction of sp³-hybridized carbons (Fsp3) is 0.364. The Morgan fingerprint density at radius 2 is 2.00 bits per heavy atom. The maximum Gasteiger partial charge on any atom is 0.408 e. The molecule has 0 aliphatic carbocycles. The van der Waals surface area contributed by atoms with E-state index in [2.05, 4.69) is 21.6 Å². The van der Waals surface area contributed by atoms with Crippen LogP contribution in [0, 0.1) is 13.8 Å². The molecule has 1 N–H and O–H groups in total. The summed E-state index contributed by atoms with van der Waals surface area (Å²) in [6.45, 7) is 9.15. The van der Waals surface area contributed by atoms with E-state index in [1.54, 1.807) is 32.2 Å². The molecule has 1 aliphatic rings. The molecule has 32 heavy (non-hydrogen) atoms. The number of carbonyl (C=O) groups is 1. The zero-order chi connectivity index (χ0) is 23.8. The van der Waals surface area contributed by atoms with Crippen molar-refractivity contribution < 1.29 is 23.1 Å². The number of aromatic hydroxyl groups is 1. The van der Waals surface area contributed by atoms with Crippen LogP contribution in [0.3, 0.4) is 0 Å². The van der Waals surface area contributed by atoms with Gasteiger partial charge >= 0.3 is 6.18 Å². The molecule has 0 atom stereocenters. The minimum Gasteiger partial charge on any atom is -0.506 e. The van der Waals surface area contributed by atoms with Crippen LogP contribution in [0.25, 0.3) is 11.3 Å². The summed E-state index contributed by atoms with van der Waals surface area (Å²) in [6.07, 6.45) is -0.612. The summed E-state index contributed by atoms with van der Waals surface area (Å²) in [5.41, 5.74) is 2.52. The van der Waals surface area contributed by atoms with E-state index >= 15 is 0 Å². The number of alkyl halides is 3. The molecular formula is C22H24F3N5O2. The second-order valence-electron chi connectivity index (χ2n) is 8.04. The number of carbonyl (C=O) groups excluding carboxylic acids is 1. The van der Waals surface area contributed by atoms with E-state index in [9.17, 15) is 23.1 Å². The molecule has 2 aromatic rings. The minimum atomic E-state index is -4.43. The van der Waals surface area contributed by atoms with Crippen molar-refractivity contribution in [2.75, 3.05) is 13.1 Å². The maximum absolute atomic E-state index is 13.1. The molecule has 2 aromatic heterocycles. The maximum atomic E-state index is 13.1. The Bertz CT molecular complexity index is 1100. The molecule has 10 heteroatoms. The molecule has 0 spiro atoms. The number of rotatable bonds is 6. The van der Waals surface area contributed by atoms with Gasteiger partial charge in [0.1, 0.15) is 12.3 Å². The lowest BCUT2D eigenvalue weighted by Gasteiger charge is -2.30. The van der Waals surface area contributed by atoms with Gasteiger partial charge in [0.2, 0.25) is 0 Å². The molecule has 170 valence electrons. The third-order valence-corrected chi connectivity index (χ3v) is 5.33. The first kappa shape index (κ1) is 23.2. The monoisotopic (exact) mass is 447 g/mol. The van der Waals surface area contributed by atoms with Crippen LogP contribution in [0.2, 0.25) is 0 Å². The van der Waals surface area contributed by atoms with E-state index in [-0.39, 0.29) is 18.2 Å². The predicted molar refractivity (Wildman–Crippen MR) is 114 cm³/mol. The summed E-state index contributed by atoms with van der Waals surface area (Å²) in [6, 6.07) is 3.31. The van der Waals surface area contributed by atoms with Crippen LogP contribution in [0.4, 0.5) is 13.2 Å². The third-order valence-electron chi connectivity index (χ3n) is 5.33. The summed E-state index contributed by atoms with van der Waals surface area (Å²) in [7, 11) is 0. The first-order valence-corrected chi connectivity index (χ1v) is 9.83. The Labute approximate surface area is 183 Å². The Kier molecular flexibility index (Phi) is 5.99. The molecule has 0 saturated heterocycles. The number of hydrogen-bond acceptors (Lipinski definition) is 6. The number of aromatic nitrogens is 2. The molecule has 0 fully saturated rings. The van der Waals surface area contributed by atoms with Crippen LogP contribution in [0.1, 0.15) is 41.2 Å². The Morgan fingerprint density at radius 3 is 2.59 bits per heavy atom. The first-order valence-electron chi connectivity index (χ1n) is 9.83. The largest absolute Gasteiger partial charge is 0.506 e. The van der Waals surface area contributed by atoms with Crippen LogP contribution >= 0.6 is 0 Å². The molecule has 0 radical (unpaired) electrons. The summed E-state index contributed by atoms with van der Waals surface area (Å²) in [5.74, 6) is -0.236. The van der Waals surface area contributed by atoms with Crippen molar-refractivity contribution in [3.05, 3.63) is 53.6 Å². The Hall–Kier alpha value is -3.43. The van der Waals surface area contributed by atoms with Gasteiger partial charge in [0, 0.05) is 24.2 Å². The van der Waals surface area contributed by atoms with E-state index in [4.69, 9.17) is 0 Å². The Morgan fingerprint density at radius 1 is 1.31 bits per heavy atom. The van der Waals surface area contributed by atoms with Gasteiger partial charge in [0.05, 0.1) is 34.7 Å². The minimum absolute atomic E-state index is 0.00790. The highest BCUT2D eigenvalue weighted by Crippen LogP contribution is 2.40. The van der Waals surface area contributed by atoms with Crippen LogP contribution in [0.5, 0.6) is 5.75 Å². The average molecular weight is 447 g/mol. The van der Waals surface area contributed by atoms with Crippen LogP contribution < -0.4 is 0 Å². The van der Waals surface area contributed by atoms with Crippen molar-refractivity contribution in [3.63, 3.8) is 0 Å². The van der Waals surface area contributed by atoms with Gasteiger partial charge in [-0.15, -0.1) is 0 Å². The number of amides is 1. The van der Waals surface area contributed by atoms with Gasteiger partial charge in [0.25, 0.3) is 5.91 Å². The molecule has 0 saturated carbocycles. The SMILES string of the molecule is C=CN(CC(F)(F)F)/N=C\CN1C(=O)c2c(C)cc(-c3cnc(C)c(O)c3)nc2C1(C)C. The second kappa shape index (κ2) is 8.25. The van der Waals surface area contributed by atoms with Crippen LogP contribution in [-0.2, 0) is 5.54 Å². The van der Waals surface area contributed by atoms with Crippen molar-refractivity contribution in [2.24, 2.45) is 5.10 Å². The summed E-state index contributed by atoms with van der Waals surface area (Å²) in [5, 5.41) is 14.4. The van der Waals surface area contributed by atoms with Gasteiger partial charge in [-0.05, 0) is 45.4 Å². The summed E-state index contributed by atoms with van der Waals surface area (Å²) >= 11 is 0. The quantitative estimate of drug-likeness (QED) is 0.532. The molecule has 0 bridgehead atoms. The smallest absolute Gasteiger partial charge is 0.408 e. The molecule has 7 nitrogen and oxygen atoms in total. The number of fused-ring (bicyclic) bond motifs is 1. The number of nitrogens with zero attached hydrogens (tertiary/aromatic N) is 5. The molecule has 0 aromatic carbocycles. The second-order valence-corrected chi connectivity index (χ2v) is 8.04. The highest BCUT2D eigenvalue weighted by molar-refractivity contribution is 6.02. The van der Waals surface area contributed by atoms with Crippen LogP contribution in [0.15, 0.2) is 36.2 Å². The van der Waals surface area contributed by atoms with Gasteiger partial charge in [-0.25, -0.2) is 4.98 Å². The fourth-order valence-electron chi connectivity index (χ4n) is 3.58. The van der Waals surface area contributed by atoms with Crippen molar-refractivity contribution in [1.82, 2.24) is 19.9 Å². The normalized spacial score (nSPS) is 15.3. The highest BCUT2D eigenvalue weighted by Gasteiger charge is 2.45. The zero-order valence-corrected chi connectivity index (χ0v) is 18.2. The van der Waals surface area contributed by atoms with E-state index in [0.29, 0.717) is 38.8 Å². The lowest BCUT2D eigenvalue weighted by Crippen LogP contribution is -2.40. The number of aryl methyl sites for hydroxylation is 2. The van der Waals surface area contributed by atoms with E-state index in [1.807, 2.05) is 13.8 Å². The molecule has 1 aliphatic heterocycles. The lowest BCUT2D eigenvalue weighted by atomic mass is 9.96. The Balaban J connectivity index is 1.91. The van der Waals surface area contributed by atoms with E-state index < -0.39 is 18.3 Å². The standard InChI is InChI=1S/C22H24F3N5O2/c1-6-29(12-22(23,24)25)27-7-8-30-20(32)18-13(2)9-16(28-19(18)21(30,4)5)15-10-17(31)14(3)26-11-15/h6-7,9-11,31H,1,8,12H2,2-5H3/b27-7-. The van der Waals surface area contributed by atoms with Crippen molar-refractivity contribution in [3.8, 4) is 17.0 Å².